The molecular formula is C10H16FN3S. The van der Waals surface area contributed by atoms with Gasteiger partial charge in [-0.15, -0.1) is 0 Å². The van der Waals surface area contributed by atoms with Gasteiger partial charge in [-0.05, 0) is 6.07 Å². The molecule has 1 heterocycles. The molecule has 15 heavy (non-hydrogen) atoms. The highest BCUT2D eigenvalue weighted by molar-refractivity contribution is 8.00. The van der Waals surface area contributed by atoms with Crippen LogP contribution in [0.15, 0.2) is 17.0 Å². The van der Waals surface area contributed by atoms with E-state index in [0.717, 1.165) is 10.6 Å². The summed E-state index contributed by atoms with van der Waals surface area (Å²) in [5.74, 6) is -0.389. The van der Waals surface area contributed by atoms with Crippen molar-refractivity contribution in [2.75, 3.05) is 17.7 Å². The van der Waals surface area contributed by atoms with E-state index in [9.17, 15) is 4.39 Å². The predicted octanol–water partition coefficient (Wildman–Crippen LogP) is 2.22. The van der Waals surface area contributed by atoms with Crippen molar-refractivity contribution in [2.24, 2.45) is 5.73 Å². The summed E-state index contributed by atoms with van der Waals surface area (Å²) >= 11 is 1.48. The number of hydrogen-bond donors (Lipinski definition) is 2. The molecule has 0 bridgehead atoms. The van der Waals surface area contributed by atoms with Crippen LogP contribution in [-0.4, -0.2) is 12.5 Å². The van der Waals surface area contributed by atoms with Crippen LogP contribution in [0, 0.1) is 5.82 Å². The number of rotatable bonds is 0. The largest absolute Gasteiger partial charge is 0.396 e. The first-order valence-corrected chi connectivity index (χ1v) is 5.71. The van der Waals surface area contributed by atoms with Crippen molar-refractivity contribution in [3.63, 3.8) is 0 Å². The van der Waals surface area contributed by atoms with Crippen molar-refractivity contribution < 1.29 is 4.39 Å². The molecule has 0 saturated carbocycles. The van der Waals surface area contributed by atoms with Gasteiger partial charge in [0.1, 0.15) is 11.3 Å². The van der Waals surface area contributed by atoms with E-state index >= 15 is 0 Å². The maximum absolute atomic E-state index is 13.1. The summed E-state index contributed by atoms with van der Waals surface area (Å²) in [5, 5.41) is 0. The van der Waals surface area contributed by atoms with Gasteiger partial charge in [0.05, 0.1) is 11.4 Å². The Balaban J connectivity index is 0.000000531. The molecule has 1 aliphatic heterocycles. The Bertz CT molecular complexity index is 357. The van der Waals surface area contributed by atoms with Crippen molar-refractivity contribution in [1.82, 2.24) is 0 Å². The van der Waals surface area contributed by atoms with Gasteiger partial charge in [0.15, 0.2) is 0 Å². The molecule has 1 aliphatic rings. The second kappa shape index (κ2) is 4.72. The molecule has 3 nitrogen and oxygen atoms in total. The summed E-state index contributed by atoms with van der Waals surface area (Å²) in [5.41, 5.74) is 12.0. The molecule has 0 fully saturated rings. The van der Waals surface area contributed by atoms with E-state index in [1.54, 1.807) is 6.07 Å². The van der Waals surface area contributed by atoms with Crippen molar-refractivity contribution in [3.05, 3.63) is 17.9 Å². The first-order valence-electron chi connectivity index (χ1n) is 4.83. The van der Waals surface area contributed by atoms with Gasteiger partial charge in [-0.2, -0.15) is 0 Å². The zero-order valence-corrected chi connectivity index (χ0v) is 9.94. The van der Waals surface area contributed by atoms with Gasteiger partial charge in [-0.1, -0.05) is 25.6 Å². The third kappa shape index (κ3) is 2.18. The molecule has 1 unspecified atom stereocenters. The first-order chi connectivity index (χ1) is 7.09. The molecular weight excluding hydrogens is 213 g/mol. The summed E-state index contributed by atoms with van der Waals surface area (Å²) < 4.78 is 13.1. The Morgan fingerprint density at radius 1 is 1.40 bits per heavy atom. The van der Waals surface area contributed by atoms with Gasteiger partial charge in [-0.25, -0.2) is 4.39 Å². The number of fused-ring (bicyclic) bond motifs is 1. The van der Waals surface area contributed by atoms with Crippen LogP contribution in [0.3, 0.4) is 0 Å². The standard InChI is InChI=1S/C8H10FN3S.C2H6/c1-12-6-2-4(9)5(10)3-7(6)13-8(12)11;1-2/h2-3,8H,10-11H2,1H3;1-2H3. The first kappa shape index (κ1) is 12.1. The Labute approximate surface area is 93.6 Å². The van der Waals surface area contributed by atoms with Crippen molar-refractivity contribution in [2.45, 2.75) is 24.2 Å². The average molecular weight is 229 g/mol. The number of nitrogen functional groups attached to an aromatic ring is 1. The minimum Gasteiger partial charge on any atom is -0.396 e. The Morgan fingerprint density at radius 2 is 2.00 bits per heavy atom. The number of benzene rings is 1. The lowest BCUT2D eigenvalue weighted by atomic mass is 10.2. The van der Waals surface area contributed by atoms with Crippen LogP contribution >= 0.6 is 11.8 Å². The highest BCUT2D eigenvalue weighted by Crippen LogP contribution is 2.42. The molecule has 0 radical (unpaired) electrons. The van der Waals surface area contributed by atoms with Gasteiger partial charge in [0.2, 0.25) is 0 Å². The third-order valence-electron chi connectivity index (χ3n) is 2.09. The van der Waals surface area contributed by atoms with Crippen LogP contribution in [-0.2, 0) is 0 Å². The maximum atomic E-state index is 13.1. The number of halogens is 1. The summed E-state index contributed by atoms with van der Waals surface area (Å²) in [7, 11) is 1.83. The monoisotopic (exact) mass is 229 g/mol. The zero-order chi connectivity index (χ0) is 11.6. The third-order valence-corrected chi connectivity index (χ3v) is 3.23. The number of thioether (sulfide) groups is 1. The fraction of sp³-hybridized carbons (Fsp3) is 0.400. The van der Waals surface area contributed by atoms with Crippen LogP contribution < -0.4 is 16.4 Å². The molecule has 0 aromatic heterocycles. The number of nitrogens with two attached hydrogens (primary N) is 2. The van der Waals surface area contributed by atoms with Crippen LogP contribution in [0.4, 0.5) is 15.8 Å². The van der Waals surface area contributed by atoms with Crippen molar-refractivity contribution in [1.29, 1.82) is 0 Å². The second-order valence-electron chi connectivity index (χ2n) is 2.96. The fourth-order valence-corrected chi connectivity index (χ4v) is 2.33. The average Bonchev–Trinajstić information content (AvgIpc) is 2.49. The fourth-order valence-electron chi connectivity index (χ4n) is 1.27. The SMILES string of the molecule is CC.CN1c2cc(F)c(N)cc2SC1N. The van der Waals surface area contributed by atoms with Gasteiger partial charge in [0.25, 0.3) is 0 Å². The van der Waals surface area contributed by atoms with Crippen LogP contribution in [0.5, 0.6) is 0 Å². The molecule has 84 valence electrons. The van der Waals surface area contributed by atoms with Crippen LogP contribution in [0.1, 0.15) is 13.8 Å². The van der Waals surface area contributed by atoms with E-state index in [4.69, 9.17) is 11.5 Å². The molecule has 0 aliphatic carbocycles. The van der Waals surface area contributed by atoms with E-state index in [0.29, 0.717) is 0 Å². The van der Waals surface area contributed by atoms with Gasteiger partial charge >= 0.3 is 0 Å². The smallest absolute Gasteiger partial charge is 0.148 e. The number of nitrogens with zero attached hydrogens (tertiary/aromatic N) is 1. The molecule has 0 spiro atoms. The molecule has 4 N–H and O–H groups in total. The maximum Gasteiger partial charge on any atom is 0.148 e. The Morgan fingerprint density at radius 3 is 2.60 bits per heavy atom. The predicted molar refractivity (Wildman–Crippen MR) is 64.4 cm³/mol. The lowest BCUT2D eigenvalue weighted by Crippen LogP contribution is -2.32. The molecule has 1 aromatic carbocycles. The Kier molecular flexibility index (Phi) is 3.82. The molecule has 1 aromatic rings. The van der Waals surface area contributed by atoms with E-state index in [2.05, 4.69) is 0 Å². The summed E-state index contributed by atoms with van der Waals surface area (Å²) in [6.07, 6.45) is 0. The van der Waals surface area contributed by atoms with Gasteiger partial charge in [0, 0.05) is 18.0 Å². The molecule has 5 heteroatoms. The normalized spacial score (nSPS) is 18.2. The summed E-state index contributed by atoms with van der Waals surface area (Å²) in [6, 6.07) is 3.04. The Hall–Kier alpha value is -0.940. The summed E-state index contributed by atoms with van der Waals surface area (Å²) in [6.45, 7) is 4.00. The number of hydrogen-bond acceptors (Lipinski definition) is 4. The molecule has 0 amide bonds. The topological polar surface area (TPSA) is 55.3 Å². The van der Waals surface area contributed by atoms with E-state index in [-0.39, 0.29) is 17.0 Å². The lowest BCUT2D eigenvalue weighted by molar-refractivity contribution is 0.631. The van der Waals surface area contributed by atoms with E-state index in [1.165, 1.54) is 17.8 Å². The van der Waals surface area contributed by atoms with Crippen LogP contribution in [0.2, 0.25) is 0 Å². The van der Waals surface area contributed by atoms with E-state index < -0.39 is 0 Å². The van der Waals surface area contributed by atoms with Crippen LogP contribution in [0.25, 0.3) is 0 Å². The highest BCUT2D eigenvalue weighted by atomic mass is 32.2. The molecule has 2 rings (SSSR count). The van der Waals surface area contributed by atoms with Gasteiger partial charge in [-0.3, -0.25) is 0 Å². The second-order valence-corrected chi connectivity index (χ2v) is 4.12. The minimum atomic E-state index is -0.389. The molecule has 1 atom stereocenters. The minimum absolute atomic E-state index is 0.142. The molecule has 0 saturated heterocycles. The quantitative estimate of drug-likeness (QED) is 0.670. The van der Waals surface area contributed by atoms with Gasteiger partial charge < -0.3 is 16.4 Å². The van der Waals surface area contributed by atoms with Crippen molar-refractivity contribution in [3.8, 4) is 0 Å². The lowest BCUT2D eigenvalue weighted by Gasteiger charge is -2.16. The number of anilines is 2. The van der Waals surface area contributed by atoms with Crippen molar-refractivity contribution >= 4 is 23.1 Å². The zero-order valence-electron chi connectivity index (χ0n) is 9.12. The summed E-state index contributed by atoms with van der Waals surface area (Å²) in [4.78, 5) is 2.76. The van der Waals surface area contributed by atoms with E-state index in [1.807, 2.05) is 25.8 Å². The highest BCUT2D eigenvalue weighted by Gasteiger charge is 2.25.